The van der Waals surface area contributed by atoms with Crippen molar-refractivity contribution >= 4 is 5.78 Å². The van der Waals surface area contributed by atoms with Gasteiger partial charge in [-0.15, -0.1) is 0 Å². The fourth-order valence-corrected chi connectivity index (χ4v) is 8.30. The first-order chi connectivity index (χ1) is 14.3. The van der Waals surface area contributed by atoms with Crippen LogP contribution in [0.25, 0.3) is 0 Å². The van der Waals surface area contributed by atoms with Gasteiger partial charge in [-0.3, -0.25) is 9.63 Å². The molecular formula is C27H39NO2. The molecular weight excluding hydrogens is 370 g/mol. The monoisotopic (exact) mass is 409 g/mol. The predicted octanol–water partition coefficient (Wildman–Crippen LogP) is 6.14. The number of hydrogen-bond donors (Lipinski definition) is 0. The smallest absolute Gasteiger partial charge is 0.137 e. The van der Waals surface area contributed by atoms with Gasteiger partial charge in [-0.25, -0.2) is 0 Å². The topological polar surface area (TPSA) is 29.5 Å². The summed E-state index contributed by atoms with van der Waals surface area (Å²) in [5.41, 5.74) is 1.76. The number of Topliss-reactive ketones (excluding diaryl/α,β-unsaturated/α-hetero) is 1. The molecule has 2 unspecified atom stereocenters. The van der Waals surface area contributed by atoms with Crippen LogP contribution in [0.5, 0.6) is 0 Å². The summed E-state index contributed by atoms with van der Waals surface area (Å²) in [5, 5.41) is 2.29. The van der Waals surface area contributed by atoms with Crippen LogP contribution in [0.2, 0.25) is 0 Å². The van der Waals surface area contributed by atoms with Crippen LogP contribution < -0.4 is 0 Å². The zero-order valence-corrected chi connectivity index (χ0v) is 19.3. The van der Waals surface area contributed by atoms with E-state index in [9.17, 15) is 4.79 Å². The van der Waals surface area contributed by atoms with Gasteiger partial charge in [0.25, 0.3) is 0 Å². The standard InChI is InChI=1S/C27H39NO2/c1-25(2)14-8-15-26(3,4)28(25)30-18-20-13-16-27-21(17-23(29)24(20)27)11-12-22(27)19-9-6-5-7-10-19/h5-7,9-10,20-22,24H,8,11-18H2,1-4H3/t20?,21-,22?,24-,27+/m1/s1. The number of hydroxylamine groups is 2. The third-order valence-corrected chi connectivity index (χ3v) is 9.30. The van der Waals surface area contributed by atoms with Crippen molar-refractivity contribution in [1.29, 1.82) is 0 Å². The van der Waals surface area contributed by atoms with Gasteiger partial charge in [0.2, 0.25) is 0 Å². The number of carbonyl (C=O) groups excluding carboxylic acids is 1. The van der Waals surface area contributed by atoms with Crippen LogP contribution in [0.3, 0.4) is 0 Å². The van der Waals surface area contributed by atoms with E-state index in [1.54, 1.807) is 0 Å². The molecule has 1 aromatic rings. The number of rotatable bonds is 4. The van der Waals surface area contributed by atoms with Crippen LogP contribution in [0.1, 0.15) is 90.5 Å². The highest BCUT2D eigenvalue weighted by Crippen LogP contribution is 2.70. The molecule has 1 spiro atoms. The first kappa shape index (κ1) is 20.7. The molecule has 5 atom stereocenters. The van der Waals surface area contributed by atoms with Gasteiger partial charge in [0.15, 0.2) is 0 Å². The minimum Gasteiger partial charge on any atom is -0.299 e. The van der Waals surface area contributed by atoms with Crippen molar-refractivity contribution in [2.75, 3.05) is 6.61 Å². The molecule has 0 aromatic heterocycles. The molecule has 0 bridgehead atoms. The molecule has 1 saturated heterocycles. The SMILES string of the molecule is CC1(C)CCCC(C)(C)N1OCC1CC[C@@]23C(c4ccccc4)CC[C@@H]2CC(=O)[C@@H]13. The summed E-state index contributed by atoms with van der Waals surface area (Å²) >= 11 is 0. The molecule has 3 nitrogen and oxygen atoms in total. The largest absolute Gasteiger partial charge is 0.299 e. The fourth-order valence-electron chi connectivity index (χ4n) is 8.30. The molecule has 3 saturated carbocycles. The lowest BCUT2D eigenvalue weighted by Gasteiger charge is -2.51. The number of benzene rings is 1. The fraction of sp³-hybridized carbons (Fsp3) is 0.741. The Morgan fingerprint density at radius 3 is 2.37 bits per heavy atom. The maximum atomic E-state index is 13.3. The lowest BCUT2D eigenvalue weighted by atomic mass is 9.66. The van der Waals surface area contributed by atoms with Gasteiger partial charge in [-0.2, -0.15) is 5.06 Å². The lowest BCUT2D eigenvalue weighted by Crippen LogP contribution is -2.58. The Bertz CT molecular complexity index is 784. The van der Waals surface area contributed by atoms with E-state index in [1.807, 2.05) is 0 Å². The van der Waals surface area contributed by atoms with Gasteiger partial charge in [0, 0.05) is 23.4 Å². The zero-order valence-electron chi connectivity index (χ0n) is 19.3. The van der Waals surface area contributed by atoms with Gasteiger partial charge >= 0.3 is 0 Å². The Kier molecular flexibility index (Phi) is 4.95. The highest BCUT2D eigenvalue weighted by Gasteiger charge is 2.66. The van der Waals surface area contributed by atoms with E-state index < -0.39 is 0 Å². The highest BCUT2D eigenvalue weighted by molar-refractivity contribution is 5.86. The van der Waals surface area contributed by atoms with Gasteiger partial charge in [0.05, 0.1) is 6.61 Å². The van der Waals surface area contributed by atoms with E-state index >= 15 is 0 Å². The highest BCUT2D eigenvalue weighted by atomic mass is 16.7. The van der Waals surface area contributed by atoms with Crippen LogP contribution in [-0.2, 0) is 9.63 Å². The van der Waals surface area contributed by atoms with E-state index in [2.05, 4.69) is 63.1 Å². The minimum absolute atomic E-state index is 0.0557. The van der Waals surface area contributed by atoms with Gasteiger partial charge in [0.1, 0.15) is 5.78 Å². The summed E-state index contributed by atoms with van der Waals surface area (Å²) in [4.78, 5) is 19.9. The minimum atomic E-state index is 0.0557. The molecule has 0 N–H and O–H groups in total. The number of nitrogens with zero attached hydrogens (tertiary/aromatic N) is 1. The molecule has 164 valence electrons. The van der Waals surface area contributed by atoms with E-state index in [0.29, 0.717) is 30.1 Å². The molecule has 1 aliphatic heterocycles. The Morgan fingerprint density at radius 1 is 0.967 bits per heavy atom. The summed E-state index contributed by atoms with van der Waals surface area (Å²) in [5.74, 6) is 2.25. The van der Waals surface area contributed by atoms with E-state index in [1.165, 1.54) is 44.1 Å². The molecule has 0 radical (unpaired) electrons. The maximum Gasteiger partial charge on any atom is 0.137 e. The van der Waals surface area contributed by atoms with Crippen LogP contribution in [0, 0.1) is 23.2 Å². The summed E-state index contributed by atoms with van der Waals surface area (Å²) in [6.07, 6.45) is 9.23. The summed E-state index contributed by atoms with van der Waals surface area (Å²) in [7, 11) is 0. The maximum absolute atomic E-state index is 13.3. The normalized spacial score (nSPS) is 39.8. The molecule has 3 aliphatic carbocycles. The molecule has 0 amide bonds. The van der Waals surface area contributed by atoms with E-state index in [4.69, 9.17) is 4.84 Å². The molecule has 1 aromatic carbocycles. The Morgan fingerprint density at radius 2 is 1.67 bits per heavy atom. The number of ketones is 1. The predicted molar refractivity (Wildman–Crippen MR) is 120 cm³/mol. The second-order valence-electron chi connectivity index (χ2n) is 11.9. The first-order valence-corrected chi connectivity index (χ1v) is 12.3. The number of hydrogen-bond acceptors (Lipinski definition) is 3. The van der Waals surface area contributed by atoms with Crippen LogP contribution >= 0.6 is 0 Å². The van der Waals surface area contributed by atoms with Crippen molar-refractivity contribution in [3.63, 3.8) is 0 Å². The van der Waals surface area contributed by atoms with Crippen LogP contribution in [-0.4, -0.2) is 28.5 Å². The Labute approximate surface area is 182 Å². The zero-order chi connectivity index (χ0) is 21.1. The molecule has 5 rings (SSSR count). The van der Waals surface area contributed by atoms with Crippen molar-refractivity contribution < 1.29 is 9.63 Å². The van der Waals surface area contributed by atoms with Crippen molar-refractivity contribution in [1.82, 2.24) is 5.06 Å². The molecule has 4 fully saturated rings. The molecule has 4 aliphatic rings. The van der Waals surface area contributed by atoms with Crippen molar-refractivity contribution in [3.05, 3.63) is 35.9 Å². The second kappa shape index (κ2) is 7.17. The van der Waals surface area contributed by atoms with Gasteiger partial charge in [-0.05, 0) is 101 Å². The first-order valence-electron chi connectivity index (χ1n) is 12.3. The quantitative estimate of drug-likeness (QED) is 0.598. The van der Waals surface area contributed by atoms with Gasteiger partial charge in [-0.1, -0.05) is 30.3 Å². The Hall–Kier alpha value is -1.19. The van der Waals surface area contributed by atoms with E-state index in [-0.39, 0.29) is 22.4 Å². The van der Waals surface area contributed by atoms with Crippen molar-refractivity contribution in [2.45, 2.75) is 96.1 Å². The van der Waals surface area contributed by atoms with Gasteiger partial charge < -0.3 is 0 Å². The third-order valence-electron chi connectivity index (χ3n) is 9.30. The summed E-state index contributed by atoms with van der Waals surface area (Å²) in [6.45, 7) is 9.94. The average Bonchev–Trinajstić information content (AvgIpc) is 3.30. The summed E-state index contributed by atoms with van der Waals surface area (Å²) < 4.78 is 0. The lowest BCUT2D eigenvalue weighted by molar-refractivity contribution is -0.287. The number of piperidine rings is 1. The molecule has 30 heavy (non-hydrogen) atoms. The van der Waals surface area contributed by atoms with Crippen molar-refractivity contribution in [2.24, 2.45) is 23.2 Å². The Balaban J connectivity index is 1.38. The van der Waals surface area contributed by atoms with Crippen LogP contribution in [0.4, 0.5) is 0 Å². The van der Waals surface area contributed by atoms with Crippen LogP contribution in [0.15, 0.2) is 30.3 Å². The molecule has 1 heterocycles. The second-order valence-corrected chi connectivity index (χ2v) is 11.9. The molecule has 3 heteroatoms. The van der Waals surface area contributed by atoms with E-state index in [0.717, 1.165) is 12.8 Å². The number of carbonyl (C=O) groups is 1. The summed E-state index contributed by atoms with van der Waals surface area (Å²) in [6, 6.07) is 11.0. The van der Waals surface area contributed by atoms with Crippen molar-refractivity contribution in [3.8, 4) is 0 Å². The third kappa shape index (κ3) is 3.03. The average molecular weight is 410 g/mol.